The van der Waals surface area contributed by atoms with Crippen LogP contribution in [0.15, 0.2) is 18.3 Å². The molecule has 5 nitrogen and oxygen atoms in total. The van der Waals surface area contributed by atoms with Gasteiger partial charge in [0.2, 0.25) is 0 Å². The Morgan fingerprint density at radius 3 is 3.13 bits per heavy atom. The molecule has 82 valence electrons. The van der Waals surface area contributed by atoms with Gasteiger partial charge >= 0.3 is 5.97 Å². The third-order valence-electron chi connectivity index (χ3n) is 1.86. The number of esters is 1. The third kappa shape index (κ3) is 3.55. The fraction of sp³-hybridized carbons (Fsp3) is 0.400. The molecule has 3 N–H and O–H groups in total. The van der Waals surface area contributed by atoms with Crippen molar-refractivity contribution >= 4 is 11.7 Å². The fourth-order valence-electron chi connectivity index (χ4n) is 1.09. The van der Waals surface area contributed by atoms with E-state index in [-0.39, 0.29) is 0 Å². The summed E-state index contributed by atoms with van der Waals surface area (Å²) in [6.45, 7) is 1.42. The SMILES string of the molecule is COC(=O)c1cc(NCCCN)ccn1. The molecule has 0 aromatic carbocycles. The molecule has 0 aliphatic carbocycles. The van der Waals surface area contributed by atoms with Gasteiger partial charge in [0.1, 0.15) is 5.69 Å². The van der Waals surface area contributed by atoms with E-state index in [4.69, 9.17) is 5.73 Å². The smallest absolute Gasteiger partial charge is 0.356 e. The molecule has 0 bridgehead atoms. The molecule has 0 saturated heterocycles. The van der Waals surface area contributed by atoms with E-state index in [0.717, 1.165) is 18.7 Å². The molecule has 0 atom stereocenters. The number of pyridine rings is 1. The molecule has 0 aliphatic rings. The Kier molecular flexibility index (Phi) is 4.56. The molecular weight excluding hydrogens is 194 g/mol. The Bertz CT molecular complexity index is 328. The first-order chi connectivity index (χ1) is 7.27. The van der Waals surface area contributed by atoms with Gasteiger partial charge in [-0.1, -0.05) is 0 Å². The van der Waals surface area contributed by atoms with Crippen molar-refractivity contribution < 1.29 is 9.53 Å². The second-order valence-electron chi connectivity index (χ2n) is 2.99. The quantitative estimate of drug-likeness (QED) is 0.549. The second-order valence-corrected chi connectivity index (χ2v) is 2.99. The summed E-state index contributed by atoms with van der Waals surface area (Å²) in [4.78, 5) is 15.1. The number of hydrogen-bond acceptors (Lipinski definition) is 5. The number of anilines is 1. The number of nitrogens with two attached hydrogens (primary N) is 1. The van der Waals surface area contributed by atoms with Crippen molar-refractivity contribution in [1.82, 2.24) is 4.98 Å². The van der Waals surface area contributed by atoms with Crippen molar-refractivity contribution in [2.75, 3.05) is 25.5 Å². The van der Waals surface area contributed by atoms with Gasteiger partial charge in [-0.25, -0.2) is 9.78 Å². The lowest BCUT2D eigenvalue weighted by Crippen LogP contribution is -2.10. The minimum Gasteiger partial charge on any atom is -0.464 e. The van der Waals surface area contributed by atoms with E-state index in [1.807, 2.05) is 0 Å². The monoisotopic (exact) mass is 209 g/mol. The van der Waals surface area contributed by atoms with Crippen LogP contribution in [0.5, 0.6) is 0 Å². The van der Waals surface area contributed by atoms with Crippen LogP contribution in [0.1, 0.15) is 16.9 Å². The Balaban J connectivity index is 2.62. The van der Waals surface area contributed by atoms with Crippen molar-refractivity contribution in [3.05, 3.63) is 24.0 Å². The highest BCUT2D eigenvalue weighted by molar-refractivity contribution is 5.88. The summed E-state index contributed by atoms with van der Waals surface area (Å²) in [6, 6.07) is 3.45. The third-order valence-corrected chi connectivity index (χ3v) is 1.86. The van der Waals surface area contributed by atoms with Gasteiger partial charge in [0.05, 0.1) is 7.11 Å². The lowest BCUT2D eigenvalue weighted by Gasteiger charge is -2.05. The summed E-state index contributed by atoms with van der Waals surface area (Å²) in [5.74, 6) is -0.433. The van der Waals surface area contributed by atoms with Gasteiger partial charge in [-0.15, -0.1) is 0 Å². The molecule has 1 aromatic heterocycles. The molecule has 0 spiro atoms. The highest BCUT2D eigenvalue weighted by atomic mass is 16.5. The minimum absolute atomic E-state index is 0.301. The number of hydrogen-bond donors (Lipinski definition) is 2. The summed E-state index contributed by atoms with van der Waals surface area (Å²) in [6.07, 6.45) is 2.45. The molecule has 1 heterocycles. The average molecular weight is 209 g/mol. The number of carbonyl (C=O) groups excluding carboxylic acids is 1. The lowest BCUT2D eigenvalue weighted by molar-refractivity contribution is 0.0594. The molecule has 0 radical (unpaired) electrons. The van der Waals surface area contributed by atoms with E-state index in [1.165, 1.54) is 7.11 Å². The number of ether oxygens (including phenoxy) is 1. The maximum Gasteiger partial charge on any atom is 0.356 e. The minimum atomic E-state index is -0.433. The Labute approximate surface area is 88.6 Å². The first kappa shape index (κ1) is 11.5. The van der Waals surface area contributed by atoms with Gasteiger partial charge in [0.25, 0.3) is 0 Å². The summed E-state index contributed by atoms with van der Waals surface area (Å²) >= 11 is 0. The number of nitrogens with zero attached hydrogens (tertiary/aromatic N) is 1. The summed E-state index contributed by atoms with van der Waals surface area (Å²) in [7, 11) is 1.33. The molecule has 0 saturated carbocycles. The molecule has 1 rings (SSSR count). The van der Waals surface area contributed by atoms with E-state index in [0.29, 0.717) is 12.2 Å². The number of rotatable bonds is 5. The van der Waals surface area contributed by atoms with Gasteiger partial charge in [0.15, 0.2) is 0 Å². The largest absolute Gasteiger partial charge is 0.464 e. The fourth-order valence-corrected chi connectivity index (χ4v) is 1.09. The second kappa shape index (κ2) is 5.98. The molecule has 0 aliphatic heterocycles. The van der Waals surface area contributed by atoms with Gasteiger partial charge < -0.3 is 15.8 Å². The van der Waals surface area contributed by atoms with Crippen molar-refractivity contribution in [2.24, 2.45) is 5.73 Å². The first-order valence-electron chi connectivity index (χ1n) is 4.76. The van der Waals surface area contributed by atoms with E-state index in [1.54, 1.807) is 18.3 Å². The van der Waals surface area contributed by atoms with E-state index in [2.05, 4.69) is 15.0 Å². The van der Waals surface area contributed by atoms with Gasteiger partial charge in [0, 0.05) is 18.4 Å². The van der Waals surface area contributed by atoms with Gasteiger partial charge in [-0.2, -0.15) is 0 Å². The lowest BCUT2D eigenvalue weighted by atomic mass is 10.3. The number of carbonyl (C=O) groups is 1. The molecule has 0 unspecified atom stereocenters. The predicted octanol–water partition coefficient (Wildman–Crippen LogP) is 0.629. The summed E-state index contributed by atoms with van der Waals surface area (Å²) < 4.78 is 4.57. The zero-order valence-electron chi connectivity index (χ0n) is 8.69. The Morgan fingerprint density at radius 1 is 1.67 bits per heavy atom. The van der Waals surface area contributed by atoms with Crippen LogP contribution in [0.2, 0.25) is 0 Å². The van der Waals surface area contributed by atoms with E-state index >= 15 is 0 Å². The van der Waals surface area contributed by atoms with E-state index in [9.17, 15) is 4.79 Å². The van der Waals surface area contributed by atoms with Crippen molar-refractivity contribution in [1.29, 1.82) is 0 Å². The molecule has 0 amide bonds. The maximum absolute atomic E-state index is 11.2. The maximum atomic E-state index is 11.2. The van der Waals surface area contributed by atoms with Crippen molar-refractivity contribution in [3.63, 3.8) is 0 Å². The van der Waals surface area contributed by atoms with Crippen LogP contribution >= 0.6 is 0 Å². The Morgan fingerprint density at radius 2 is 2.47 bits per heavy atom. The highest BCUT2D eigenvalue weighted by Gasteiger charge is 2.06. The van der Waals surface area contributed by atoms with Crippen LogP contribution in [0.3, 0.4) is 0 Å². The number of aromatic nitrogens is 1. The Hall–Kier alpha value is -1.62. The van der Waals surface area contributed by atoms with Crippen molar-refractivity contribution in [2.45, 2.75) is 6.42 Å². The topological polar surface area (TPSA) is 77.2 Å². The van der Waals surface area contributed by atoms with Gasteiger partial charge in [-0.3, -0.25) is 0 Å². The number of methoxy groups -OCH3 is 1. The molecular formula is C10H15N3O2. The predicted molar refractivity (Wildman–Crippen MR) is 57.7 cm³/mol. The first-order valence-corrected chi connectivity index (χ1v) is 4.76. The number of nitrogens with one attached hydrogen (secondary N) is 1. The van der Waals surface area contributed by atoms with Crippen LogP contribution < -0.4 is 11.1 Å². The van der Waals surface area contributed by atoms with Gasteiger partial charge in [-0.05, 0) is 25.1 Å². The van der Waals surface area contributed by atoms with Crippen LogP contribution in [0, 0.1) is 0 Å². The molecule has 15 heavy (non-hydrogen) atoms. The summed E-state index contributed by atoms with van der Waals surface area (Å²) in [5.41, 5.74) is 6.51. The molecule has 1 aromatic rings. The zero-order chi connectivity index (χ0) is 11.1. The normalized spacial score (nSPS) is 9.73. The molecule has 0 fully saturated rings. The van der Waals surface area contributed by atoms with Crippen LogP contribution in [-0.4, -0.2) is 31.2 Å². The highest BCUT2D eigenvalue weighted by Crippen LogP contribution is 2.08. The summed E-state index contributed by atoms with van der Waals surface area (Å²) in [5, 5.41) is 3.14. The molecule has 5 heteroatoms. The van der Waals surface area contributed by atoms with Crippen LogP contribution in [-0.2, 0) is 4.74 Å². The van der Waals surface area contributed by atoms with Crippen LogP contribution in [0.4, 0.5) is 5.69 Å². The standard InChI is InChI=1S/C10H15N3O2/c1-15-10(14)9-7-8(3-6-13-9)12-5-2-4-11/h3,6-7H,2,4-5,11H2,1H3,(H,12,13). The average Bonchev–Trinajstić information content (AvgIpc) is 2.29. The van der Waals surface area contributed by atoms with Crippen LogP contribution in [0.25, 0.3) is 0 Å². The van der Waals surface area contributed by atoms with E-state index < -0.39 is 5.97 Å². The zero-order valence-corrected chi connectivity index (χ0v) is 8.69. The van der Waals surface area contributed by atoms with Crippen molar-refractivity contribution in [3.8, 4) is 0 Å².